The van der Waals surface area contributed by atoms with E-state index in [1.165, 1.54) is 45.1 Å². The van der Waals surface area contributed by atoms with Gasteiger partial charge in [-0.2, -0.15) is 0 Å². The lowest BCUT2D eigenvalue weighted by atomic mass is 10.0. The standard InChI is InChI=1S/C15H30N4/c1-13-8-4-7-11-19(13)14(2)12-17-15(16)18-9-5-3-6-10-18/h13-14H,3-12H2,1-2H3,(H2,16,17). The molecule has 2 saturated heterocycles. The van der Waals surface area contributed by atoms with Crippen LogP contribution in [-0.2, 0) is 0 Å². The van der Waals surface area contributed by atoms with Crippen LogP contribution in [0.1, 0.15) is 52.4 Å². The van der Waals surface area contributed by atoms with Gasteiger partial charge in [-0.1, -0.05) is 6.42 Å². The number of rotatable bonds is 3. The van der Waals surface area contributed by atoms with E-state index in [9.17, 15) is 0 Å². The molecular weight excluding hydrogens is 236 g/mol. The number of likely N-dealkylation sites (tertiary alicyclic amines) is 2. The molecule has 0 spiro atoms. The van der Waals surface area contributed by atoms with E-state index < -0.39 is 0 Å². The molecule has 0 aromatic rings. The first-order valence-electron chi connectivity index (χ1n) is 7.99. The monoisotopic (exact) mass is 266 g/mol. The number of aliphatic imine (C=N–C) groups is 1. The maximum absolute atomic E-state index is 6.12. The van der Waals surface area contributed by atoms with E-state index in [1.807, 2.05) is 0 Å². The third kappa shape index (κ3) is 4.10. The lowest BCUT2D eigenvalue weighted by Gasteiger charge is -2.37. The Kier molecular flexibility index (Phi) is 5.49. The molecule has 2 N–H and O–H groups in total. The first-order valence-corrected chi connectivity index (χ1v) is 7.99. The Balaban J connectivity index is 1.82. The SMILES string of the molecule is CC1CCCCN1C(C)CN=C(N)N1CCCCC1. The zero-order valence-electron chi connectivity index (χ0n) is 12.6. The molecule has 2 atom stereocenters. The molecule has 0 bridgehead atoms. The van der Waals surface area contributed by atoms with Crippen LogP contribution in [-0.4, -0.2) is 54.0 Å². The topological polar surface area (TPSA) is 44.9 Å². The molecular formula is C15H30N4. The predicted octanol–water partition coefficient (Wildman–Crippen LogP) is 2.05. The quantitative estimate of drug-likeness (QED) is 0.628. The van der Waals surface area contributed by atoms with E-state index >= 15 is 0 Å². The lowest BCUT2D eigenvalue weighted by Crippen LogP contribution is -2.46. The Bertz CT molecular complexity index is 297. The molecule has 2 unspecified atom stereocenters. The highest BCUT2D eigenvalue weighted by atomic mass is 15.3. The van der Waals surface area contributed by atoms with Crippen molar-refractivity contribution in [3.63, 3.8) is 0 Å². The number of hydrogen-bond acceptors (Lipinski definition) is 2. The second-order valence-electron chi connectivity index (χ2n) is 6.18. The van der Waals surface area contributed by atoms with Crippen molar-refractivity contribution in [1.29, 1.82) is 0 Å². The number of nitrogens with zero attached hydrogens (tertiary/aromatic N) is 3. The fraction of sp³-hybridized carbons (Fsp3) is 0.933. The molecule has 19 heavy (non-hydrogen) atoms. The van der Waals surface area contributed by atoms with E-state index in [-0.39, 0.29) is 0 Å². The Morgan fingerprint density at radius 3 is 2.53 bits per heavy atom. The minimum absolute atomic E-state index is 0.513. The van der Waals surface area contributed by atoms with Gasteiger partial charge in [0.25, 0.3) is 0 Å². The molecule has 2 fully saturated rings. The summed E-state index contributed by atoms with van der Waals surface area (Å²) < 4.78 is 0. The average molecular weight is 266 g/mol. The minimum atomic E-state index is 0.513. The van der Waals surface area contributed by atoms with E-state index in [1.54, 1.807) is 0 Å². The van der Waals surface area contributed by atoms with Crippen LogP contribution in [0.4, 0.5) is 0 Å². The van der Waals surface area contributed by atoms with Crippen LogP contribution in [0, 0.1) is 0 Å². The van der Waals surface area contributed by atoms with Gasteiger partial charge in [0.15, 0.2) is 5.96 Å². The van der Waals surface area contributed by atoms with Gasteiger partial charge in [0.05, 0.1) is 6.54 Å². The van der Waals surface area contributed by atoms with Gasteiger partial charge < -0.3 is 10.6 Å². The van der Waals surface area contributed by atoms with Gasteiger partial charge in [0, 0.05) is 25.2 Å². The smallest absolute Gasteiger partial charge is 0.191 e. The Morgan fingerprint density at radius 2 is 1.84 bits per heavy atom. The zero-order chi connectivity index (χ0) is 13.7. The molecule has 4 heteroatoms. The fourth-order valence-corrected chi connectivity index (χ4v) is 3.33. The van der Waals surface area contributed by atoms with Crippen LogP contribution in [0.15, 0.2) is 4.99 Å². The van der Waals surface area contributed by atoms with Crippen molar-refractivity contribution in [3.8, 4) is 0 Å². The van der Waals surface area contributed by atoms with Gasteiger partial charge >= 0.3 is 0 Å². The van der Waals surface area contributed by atoms with Crippen molar-refractivity contribution in [2.75, 3.05) is 26.2 Å². The van der Waals surface area contributed by atoms with Gasteiger partial charge in [-0.15, -0.1) is 0 Å². The Labute approximate surface area is 118 Å². The van der Waals surface area contributed by atoms with Gasteiger partial charge in [-0.05, 0) is 52.5 Å². The highest BCUT2D eigenvalue weighted by Crippen LogP contribution is 2.19. The molecule has 110 valence electrons. The molecule has 0 aliphatic carbocycles. The first kappa shape index (κ1) is 14.6. The summed E-state index contributed by atoms with van der Waals surface area (Å²) in [5, 5.41) is 0. The maximum atomic E-state index is 6.12. The minimum Gasteiger partial charge on any atom is -0.370 e. The number of nitrogens with two attached hydrogens (primary N) is 1. The van der Waals surface area contributed by atoms with Crippen LogP contribution in [0.3, 0.4) is 0 Å². The second kappa shape index (κ2) is 7.13. The molecule has 0 aromatic carbocycles. The number of piperidine rings is 2. The van der Waals surface area contributed by atoms with Gasteiger partial charge in [-0.25, -0.2) is 0 Å². The third-order valence-electron chi connectivity index (χ3n) is 4.62. The van der Waals surface area contributed by atoms with Crippen molar-refractivity contribution in [2.24, 2.45) is 10.7 Å². The summed E-state index contributed by atoms with van der Waals surface area (Å²) in [5.74, 6) is 0.760. The summed E-state index contributed by atoms with van der Waals surface area (Å²) in [4.78, 5) is 9.48. The van der Waals surface area contributed by atoms with Gasteiger partial charge in [0.1, 0.15) is 0 Å². The molecule has 2 aliphatic heterocycles. The summed E-state index contributed by atoms with van der Waals surface area (Å²) in [6, 6.07) is 1.22. The summed E-state index contributed by atoms with van der Waals surface area (Å²) in [6.45, 7) is 8.87. The van der Waals surface area contributed by atoms with Crippen LogP contribution in [0.25, 0.3) is 0 Å². The molecule has 0 amide bonds. The molecule has 2 rings (SSSR count). The molecule has 0 aromatic heterocycles. The van der Waals surface area contributed by atoms with Gasteiger partial charge in [0.2, 0.25) is 0 Å². The molecule has 0 saturated carbocycles. The Hall–Kier alpha value is -0.770. The van der Waals surface area contributed by atoms with Crippen LogP contribution in [0.2, 0.25) is 0 Å². The summed E-state index contributed by atoms with van der Waals surface area (Å²) in [6.07, 6.45) is 7.90. The van der Waals surface area contributed by atoms with E-state index in [4.69, 9.17) is 5.73 Å². The molecule has 2 aliphatic rings. The van der Waals surface area contributed by atoms with Crippen LogP contribution < -0.4 is 5.73 Å². The van der Waals surface area contributed by atoms with Crippen molar-refractivity contribution in [2.45, 2.75) is 64.5 Å². The largest absolute Gasteiger partial charge is 0.370 e. The van der Waals surface area contributed by atoms with Crippen molar-refractivity contribution < 1.29 is 0 Å². The van der Waals surface area contributed by atoms with Gasteiger partial charge in [-0.3, -0.25) is 9.89 Å². The van der Waals surface area contributed by atoms with E-state index in [0.717, 1.165) is 25.6 Å². The van der Waals surface area contributed by atoms with Crippen LogP contribution in [0.5, 0.6) is 0 Å². The third-order valence-corrected chi connectivity index (χ3v) is 4.62. The Morgan fingerprint density at radius 1 is 1.16 bits per heavy atom. The van der Waals surface area contributed by atoms with Crippen LogP contribution >= 0.6 is 0 Å². The fourth-order valence-electron chi connectivity index (χ4n) is 3.33. The summed E-state index contributed by atoms with van der Waals surface area (Å²) in [5.41, 5.74) is 6.12. The normalized spacial score (nSPS) is 28.4. The van der Waals surface area contributed by atoms with Crippen molar-refractivity contribution >= 4 is 5.96 Å². The number of guanidine groups is 1. The lowest BCUT2D eigenvalue weighted by molar-refractivity contribution is 0.118. The van der Waals surface area contributed by atoms with E-state index in [2.05, 4.69) is 28.6 Å². The highest BCUT2D eigenvalue weighted by Gasteiger charge is 2.23. The first-order chi connectivity index (χ1) is 9.18. The zero-order valence-corrected chi connectivity index (χ0v) is 12.6. The second-order valence-corrected chi connectivity index (χ2v) is 6.18. The highest BCUT2D eigenvalue weighted by molar-refractivity contribution is 5.78. The number of hydrogen-bond donors (Lipinski definition) is 1. The van der Waals surface area contributed by atoms with E-state index in [0.29, 0.717) is 12.1 Å². The van der Waals surface area contributed by atoms with Crippen molar-refractivity contribution in [1.82, 2.24) is 9.80 Å². The van der Waals surface area contributed by atoms with Crippen molar-refractivity contribution in [3.05, 3.63) is 0 Å². The average Bonchev–Trinajstić information content (AvgIpc) is 2.46. The summed E-state index contributed by atoms with van der Waals surface area (Å²) >= 11 is 0. The predicted molar refractivity (Wildman–Crippen MR) is 81.4 cm³/mol. The maximum Gasteiger partial charge on any atom is 0.191 e. The molecule has 4 nitrogen and oxygen atoms in total. The molecule has 2 heterocycles. The molecule has 0 radical (unpaired) electrons. The summed E-state index contributed by atoms with van der Waals surface area (Å²) in [7, 11) is 0.